The van der Waals surface area contributed by atoms with Crippen molar-refractivity contribution < 1.29 is 14.0 Å². The molecule has 21 heavy (non-hydrogen) atoms. The zero-order valence-electron chi connectivity index (χ0n) is 10.9. The molecule has 3 N–H and O–H groups in total. The number of hydrazine groups is 1. The van der Waals surface area contributed by atoms with Crippen molar-refractivity contribution in [2.24, 2.45) is 0 Å². The molecule has 9 heteroatoms. The summed E-state index contributed by atoms with van der Waals surface area (Å²) < 4.78 is 13.4. The van der Waals surface area contributed by atoms with Crippen LogP contribution in [0.5, 0.6) is 0 Å². The first-order valence-corrected chi connectivity index (χ1v) is 7.58. The van der Waals surface area contributed by atoms with E-state index in [1.165, 1.54) is 28.8 Å². The predicted octanol–water partition coefficient (Wildman–Crippen LogP) is 0.676. The van der Waals surface area contributed by atoms with Crippen molar-refractivity contribution in [3.8, 4) is 0 Å². The third-order valence-corrected chi connectivity index (χ3v) is 3.75. The van der Waals surface area contributed by atoms with Crippen LogP contribution in [0.1, 0.15) is 0 Å². The van der Waals surface area contributed by atoms with Gasteiger partial charge in [-0.05, 0) is 24.4 Å². The Kier molecular flexibility index (Phi) is 5.34. The van der Waals surface area contributed by atoms with Gasteiger partial charge in [-0.1, -0.05) is 12.1 Å². The van der Waals surface area contributed by atoms with E-state index in [1.54, 1.807) is 12.1 Å². The molecule has 0 spiro atoms. The van der Waals surface area contributed by atoms with Gasteiger partial charge in [0, 0.05) is 0 Å². The van der Waals surface area contributed by atoms with Crippen LogP contribution in [0.25, 0.3) is 0 Å². The van der Waals surface area contributed by atoms with Gasteiger partial charge >= 0.3 is 0 Å². The Morgan fingerprint density at radius 2 is 2.14 bits per heavy atom. The number of halogens is 1. The number of nitrogens with one attached hydrogen (secondary N) is 3. The van der Waals surface area contributed by atoms with Gasteiger partial charge in [-0.2, -0.15) is 0 Å². The third kappa shape index (κ3) is 4.57. The molecule has 0 bridgehead atoms. The lowest BCUT2D eigenvalue weighted by atomic mass is 10.3. The molecule has 1 fully saturated rings. The summed E-state index contributed by atoms with van der Waals surface area (Å²) in [5, 5.41) is 2.67. The van der Waals surface area contributed by atoms with Crippen molar-refractivity contribution in [3.63, 3.8) is 0 Å². The van der Waals surface area contributed by atoms with Crippen molar-refractivity contribution in [3.05, 3.63) is 30.1 Å². The zero-order valence-corrected chi connectivity index (χ0v) is 12.5. The molecule has 2 rings (SSSR count). The minimum absolute atomic E-state index is 0.0405. The number of benzene rings is 1. The number of amides is 2. The fraction of sp³-hybridized carbons (Fsp3) is 0.250. The molecular weight excluding hydrogens is 315 g/mol. The number of carbonyl (C=O) groups excluding carboxylic acids is 2. The predicted molar refractivity (Wildman–Crippen MR) is 82.9 cm³/mol. The van der Waals surface area contributed by atoms with E-state index in [0.29, 0.717) is 11.6 Å². The van der Waals surface area contributed by atoms with Crippen LogP contribution in [-0.4, -0.2) is 40.0 Å². The van der Waals surface area contributed by atoms with Gasteiger partial charge in [0.2, 0.25) is 5.91 Å². The van der Waals surface area contributed by atoms with Gasteiger partial charge in [0.15, 0.2) is 5.11 Å². The maximum atomic E-state index is 13.4. The van der Waals surface area contributed by atoms with Crippen molar-refractivity contribution >= 4 is 46.6 Å². The molecule has 0 radical (unpaired) electrons. The average Bonchev–Trinajstić information content (AvgIpc) is 2.85. The molecule has 112 valence electrons. The van der Waals surface area contributed by atoms with E-state index in [4.69, 9.17) is 12.2 Å². The molecule has 0 unspecified atom stereocenters. The topological polar surface area (TPSA) is 73.5 Å². The lowest BCUT2D eigenvalue weighted by Gasteiger charge is -2.16. The summed E-state index contributed by atoms with van der Waals surface area (Å²) in [4.78, 5) is 24.4. The maximum absolute atomic E-state index is 13.4. The Morgan fingerprint density at radius 1 is 1.38 bits per heavy atom. The van der Waals surface area contributed by atoms with Gasteiger partial charge in [-0.25, -0.2) is 4.39 Å². The Labute approximate surface area is 130 Å². The highest BCUT2D eigenvalue weighted by atomic mass is 32.2. The molecular formula is C12H13FN4O2S2. The van der Waals surface area contributed by atoms with Crippen molar-refractivity contribution in [2.75, 3.05) is 23.5 Å². The van der Waals surface area contributed by atoms with E-state index in [1.807, 2.05) is 0 Å². The highest BCUT2D eigenvalue weighted by Crippen LogP contribution is 2.14. The molecule has 1 aromatic rings. The van der Waals surface area contributed by atoms with E-state index >= 15 is 0 Å². The first-order chi connectivity index (χ1) is 10.1. The molecule has 0 atom stereocenters. The van der Waals surface area contributed by atoms with Crippen LogP contribution in [-0.2, 0) is 9.59 Å². The summed E-state index contributed by atoms with van der Waals surface area (Å²) in [7, 11) is 0. The molecule has 6 nitrogen and oxygen atoms in total. The summed E-state index contributed by atoms with van der Waals surface area (Å²) >= 11 is 6.39. The summed E-state index contributed by atoms with van der Waals surface area (Å²) in [6.45, 7) is -0.0405. The van der Waals surface area contributed by atoms with Crippen LogP contribution in [0, 0.1) is 5.82 Å². The van der Waals surface area contributed by atoms with E-state index < -0.39 is 11.7 Å². The summed E-state index contributed by atoms with van der Waals surface area (Å²) in [6, 6.07) is 6.03. The number of anilines is 1. The van der Waals surface area contributed by atoms with Gasteiger partial charge in [0.05, 0.1) is 17.3 Å². The van der Waals surface area contributed by atoms with E-state index in [0.717, 1.165) is 0 Å². The molecule has 1 saturated heterocycles. The van der Waals surface area contributed by atoms with Crippen LogP contribution in [0.4, 0.5) is 10.1 Å². The van der Waals surface area contributed by atoms with E-state index in [-0.39, 0.29) is 23.3 Å². The number of hydrogen-bond donors (Lipinski definition) is 3. The van der Waals surface area contributed by atoms with Gasteiger partial charge in [0.1, 0.15) is 12.4 Å². The molecule has 0 saturated carbocycles. The quantitative estimate of drug-likeness (QED) is 0.560. The number of carbonyl (C=O) groups is 2. The van der Waals surface area contributed by atoms with Gasteiger partial charge in [-0.3, -0.25) is 20.4 Å². The van der Waals surface area contributed by atoms with Crippen LogP contribution < -0.4 is 16.2 Å². The highest BCUT2D eigenvalue weighted by molar-refractivity contribution is 8.00. The standard InChI is InChI=1S/C12H13FN4O2S2/c13-8-3-1-2-4-9(8)14-12(20)16-15-10(18)5-17-7-21-6-11(17)19/h1-4H,5-7H2,(H,15,18)(H2,14,16,20). The number of para-hydroxylation sites is 1. The average molecular weight is 328 g/mol. The normalized spacial score (nSPS) is 14.0. The molecule has 0 aromatic heterocycles. The highest BCUT2D eigenvalue weighted by Gasteiger charge is 2.22. The SMILES string of the molecule is O=C(CN1CSCC1=O)NNC(=S)Nc1ccccc1F. The van der Waals surface area contributed by atoms with Gasteiger partial charge in [-0.15, -0.1) is 11.8 Å². The summed E-state index contributed by atoms with van der Waals surface area (Å²) in [5.74, 6) is -0.0172. The lowest BCUT2D eigenvalue weighted by molar-refractivity contribution is -0.132. The number of hydrogen-bond acceptors (Lipinski definition) is 4. The second kappa shape index (κ2) is 7.23. The monoisotopic (exact) mass is 328 g/mol. The second-order valence-electron chi connectivity index (χ2n) is 4.18. The minimum Gasteiger partial charge on any atom is -0.329 e. The second-order valence-corrected chi connectivity index (χ2v) is 5.54. The smallest absolute Gasteiger partial charge is 0.258 e. The number of thiocarbonyl (C=S) groups is 1. The first-order valence-electron chi connectivity index (χ1n) is 6.02. The Hall–Kier alpha value is -1.87. The fourth-order valence-electron chi connectivity index (χ4n) is 1.60. The number of rotatable bonds is 3. The van der Waals surface area contributed by atoms with Crippen molar-refractivity contribution in [1.82, 2.24) is 15.8 Å². The van der Waals surface area contributed by atoms with Crippen LogP contribution >= 0.6 is 24.0 Å². The lowest BCUT2D eigenvalue weighted by Crippen LogP contribution is -2.48. The van der Waals surface area contributed by atoms with E-state index in [9.17, 15) is 14.0 Å². The molecule has 1 aromatic carbocycles. The number of thioether (sulfide) groups is 1. The van der Waals surface area contributed by atoms with Gasteiger partial charge < -0.3 is 10.2 Å². The molecule has 2 amide bonds. The molecule has 0 aliphatic carbocycles. The third-order valence-electron chi connectivity index (χ3n) is 2.60. The van der Waals surface area contributed by atoms with Crippen molar-refractivity contribution in [2.45, 2.75) is 0 Å². The fourth-order valence-corrected chi connectivity index (χ4v) is 2.66. The minimum atomic E-state index is -0.451. The Balaban J connectivity index is 1.75. The zero-order chi connectivity index (χ0) is 15.2. The Bertz CT molecular complexity index is 570. The first kappa shape index (κ1) is 15.5. The van der Waals surface area contributed by atoms with Crippen LogP contribution in [0.3, 0.4) is 0 Å². The summed E-state index contributed by atoms with van der Waals surface area (Å²) in [5.41, 5.74) is 5.01. The van der Waals surface area contributed by atoms with Crippen molar-refractivity contribution in [1.29, 1.82) is 0 Å². The Morgan fingerprint density at radius 3 is 2.81 bits per heavy atom. The summed E-state index contributed by atoms with van der Waals surface area (Å²) in [6.07, 6.45) is 0. The van der Waals surface area contributed by atoms with Gasteiger partial charge in [0.25, 0.3) is 5.91 Å². The van der Waals surface area contributed by atoms with Crippen LogP contribution in [0.15, 0.2) is 24.3 Å². The van der Waals surface area contributed by atoms with E-state index in [2.05, 4.69) is 16.2 Å². The molecule has 1 aliphatic heterocycles. The molecule has 1 heterocycles. The number of nitrogens with zero attached hydrogens (tertiary/aromatic N) is 1. The largest absolute Gasteiger partial charge is 0.329 e. The van der Waals surface area contributed by atoms with Crippen LogP contribution in [0.2, 0.25) is 0 Å². The maximum Gasteiger partial charge on any atom is 0.258 e. The molecule has 1 aliphatic rings.